The maximum absolute atomic E-state index is 14.2. The Morgan fingerprint density at radius 2 is 2.00 bits per heavy atom. The molecule has 7 atom stereocenters. The molecule has 0 unspecified atom stereocenters. The van der Waals surface area contributed by atoms with E-state index in [2.05, 4.69) is 19.4 Å². The van der Waals surface area contributed by atoms with Crippen molar-refractivity contribution in [3.8, 4) is 12.3 Å². The van der Waals surface area contributed by atoms with Gasteiger partial charge in [0.05, 0.1) is 0 Å². The molecule has 1 spiro atoms. The summed E-state index contributed by atoms with van der Waals surface area (Å²) < 4.78 is 59.0. The molecular formula is C19H23F3O5. The topological polar surface area (TPSA) is 46.2 Å². The lowest BCUT2D eigenvalue weighted by Crippen LogP contribution is -2.73. The molecular weight excluding hydrogens is 365 g/mol. The summed E-state index contributed by atoms with van der Waals surface area (Å²) in [4.78, 5) is 11.4. The highest BCUT2D eigenvalue weighted by Gasteiger charge is 2.76. The van der Waals surface area contributed by atoms with E-state index >= 15 is 0 Å². The second-order valence-corrected chi connectivity index (χ2v) is 8.11. The summed E-state index contributed by atoms with van der Waals surface area (Å²) in [6.45, 7) is 6.89. The third kappa shape index (κ3) is 2.45. The zero-order valence-electron chi connectivity index (χ0n) is 15.3. The van der Waals surface area contributed by atoms with Gasteiger partial charge in [-0.05, 0) is 43.6 Å². The number of hydrogen-bond donors (Lipinski definition) is 0. The Balaban J connectivity index is 1.85. The minimum absolute atomic E-state index is 0.0822. The van der Waals surface area contributed by atoms with Gasteiger partial charge >= 0.3 is 6.18 Å². The summed E-state index contributed by atoms with van der Waals surface area (Å²) in [6.07, 6.45) is 1.34. The van der Waals surface area contributed by atoms with E-state index in [0.717, 1.165) is 6.42 Å². The molecule has 5 rings (SSSR count). The van der Waals surface area contributed by atoms with Crippen LogP contribution in [0.25, 0.3) is 0 Å². The van der Waals surface area contributed by atoms with Crippen molar-refractivity contribution < 1.29 is 37.2 Å². The van der Waals surface area contributed by atoms with E-state index in [4.69, 9.17) is 30.4 Å². The van der Waals surface area contributed by atoms with Gasteiger partial charge in [-0.1, -0.05) is 19.4 Å². The molecule has 1 saturated carbocycles. The maximum Gasteiger partial charge on any atom is 0.447 e. The average molecular weight is 388 g/mol. The molecule has 0 radical (unpaired) electrons. The molecule has 27 heavy (non-hydrogen) atoms. The van der Waals surface area contributed by atoms with E-state index in [1.807, 2.05) is 0 Å². The highest BCUT2D eigenvalue weighted by Crippen LogP contribution is 2.63. The largest absolute Gasteiger partial charge is 0.447 e. The molecule has 0 amide bonds. The molecule has 150 valence electrons. The van der Waals surface area contributed by atoms with Crippen molar-refractivity contribution in [3.05, 3.63) is 12.2 Å². The summed E-state index contributed by atoms with van der Waals surface area (Å²) in [5.74, 6) is -2.69. The Morgan fingerprint density at radius 3 is 2.67 bits per heavy atom. The standard InChI is InChI=1S/C19H23F3O5/c1-5-10-23-18(19(20,21)22)12(3)14-7-6-11(2)13-8-9-16(4)24-15(25-18)17(13,14)27-26-16/h1,11,13-15H,3,6-10H2,2,4H3/t11-,13+,14+,15+,16-,17-,18-/m1/s1. The zero-order chi connectivity index (χ0) is 19.7. The van der Waals surface area contributed by atoms with Crippen LogP contribution in [0.15, 0.2) is 12.2 Å². The fraction of sp³-hybridized carbons (Fsp3) is 0.789. The van der Waals surface area contributed by atoms with Gasteiger partial charge in [0.25, 0.3) is 5.79 Å². The van der Waals surface area contributed by atoms with Crippen LogP contribution in [0.5, 0.6) is 0 Å². The molecule has 2 bridgehead atoms. The monoisotopic (exact) mass is 388 g/mol. The van der Waals surface area contributed by atoms with Gasteiger partial charge in [0.2, 0.25) is 5.79 Å². The van der Waals surface area contributed by atoms with E-state index in [0.29, 0.717) is 19.3 Å². The SMILES string of the molecule is C#CCO[C@@]1(C(F)(F)F)O[C@@H]2O[C@@]3(C)CC[C@H]4[C@H](C)CC[C@@H](C1=C)[C@@]24OO3. The Hall–Kier alpha value is -1.11. The third-order valence-electron chi connectivity index (χ3n) is 6.57. The van der Waals surface area contributed by atoms with Gasteiger partial charge in [-0.3, -0.25) is 0 Å². The van der Waals surface area contributed by atoms with Crippen molar-refractivity contribution in [1.29, 1.82) is 0 Å². The average Bonchev–Trinajstić information content (AvgIpc) is 2.82. The molecule has 4 saturated heterocycles. The first-order valence-electron chi connectivity index (χ1n) is 9.15. The number of hydrogen-bond acceptors (Lipinski definition) is 5. The fourth-order valence-electron chi connectivity index (χ4n) is 5.20. The van der Waals surface area contributed by atoms with E-state index in [1.54, 1.807) is 6.92 Å². The molecule has 5 nitrogen and oxygen atoms in total. The number of terminal acetylenes is 1. The highest BCUT2D eigenvalue weighted by molar-refractivity contribution is 5.28. The van der Waals surface area contributed by atoms with Gasteiger partial charge in [0.1, 0.15) is 6.61 Å². The number of rotatable bonds is 2. The Labute approximate surface area is 156 Å². The lowest BCUT2D eigenvalue weighted by atomic mass is 9.58. The summed E-state index contributed by atoms with van der Waals surface area (Å²) in [7, 11) is 0. The van der Waals surface area contributed by atoms with Crippen LogP contribution < -0.4 is 0 Å². The van der Waals surface area contributed by atoms with E-state index in [1.165, 1.54) is 0 Å². The van der Waals surface area contributed by atoms with Crippen LogP contribution >= 0.6 is 0 Å². The van der Waals surface area contributed by atoms with Crippen molar-refractivity contribution in [1.82, 2.24) is 0 Å². The Morgan fingerprint density at radius 1 is 1.26 bits per heavy atom. The van der Waals surface area contributed by atoms with Gasteiger partial charge in [0.15, 0.2) is 11.9 Å². The summed E-state index contributed by atoms with van der Waals surface area (Å²) in [6, 6.07) is 0. The summed E-state index contributed by atoms with van der Waals surface area (Å²) in [5, 5.41) is 0. The highest BCUT2D eigenvalue weighted by atomic mass is 19.4. The quantitative estimate of drug-likeness (QED) is 0.410. The summed E-state index contributed by atoms with van der Waals surface area (Å²) >= 11 is 0. The second-order valence-electron chi connectivity index (χ2n) is 8.11. The van der Waals surface area contributed by atoms with Crippen molar-refractivity contribution in [3.63, 3.8) is 0 Å². The number of fused-ring (bicyclic) bond motifs is 2. The molecule has 0 N–H and O–H groups in total. The smallest absolute Gasteiger partial charge is 0.326 e. The predicted octanol–water partition coefficient (Wildman–Crippen LogP) is 3.70. The molecule has 5 fully saturated rings. The maximum atomic E-state index is 14.2. The van der Waals surface area contributed by atoms with E-state index in [9.17, 15) is 13.2 Å². The first-order valence-corrected chi connectivity index (χ1v) is 9.15. The minimum atomic E-state index is -4.88. The van der Waals surface area contributed by atoms with Crippen LogP contribution in [0.3, 0.4) is 0 Å². The fourth-order valence-corrected chi connectivity index (χ4v) is 5.20. The molecule has 0 aromatic carbocycles. The van der Waals surface area contributed by atoms with Crippen LogP contribution in [0, 0.1) is 30.1 Å². The lowest BCUT2D eigenvalue weighted by molar-refractivity contribution is -0.582. The van der Waals surface area contributed by atoms with Crippen LogP contribution in [0.1, 0.15) is 39.5 Å². The summed E-state index contributed by atoms with van der Waals surface area (Å²) in [5.41, 5.74) is -1.42. The van der Waals surface area contributed by atoms with Gasteiger partial charge < -0.3 is 14.2 Å². The van der Waals surface area contributed by atoms with Gasteiger partial charge in [0, 0.05) is 12.3 Å². The van der Waals surface area contributed by atoms with Crippen molar-refractivity contribution in [2.45, 2.75) is 69.2 Å². The Kier molecular flexibility index (Phi) is 4.23. The van der Waals surface area contributed by atoms with Crippen molar-refractivity contribution >= 4 is 0 Å². The first kappa shape index (κ1) is 19.2. The lowest BCUT2D eigenvalue weighted by Gasteiger charge is -2.61. The van der Waals surface area contributed by atoms with E-state index in [-0.39, 0.29) is 17.4 Å². The van der Waals surface area contributed by atoms with Gasteiger partial charge in [-0.15, -0.1) is 6.42 Å². The number of ether oxygens (including phenoxy) is 3. The number of alkyl halides is 3. The molecule has 8 heteroatoms. The molecule has 4 heterocycles. The molecule has 0 aromatic heterocycles. The first-order chi connectivity index (χ1) is 12.6. The second kappa shape index (κ2) is 5.94. The van der Waals surface area contributed by atoms with Crippen LogP contribution in [0.2, 0.25) is 0 Å². The van der Waals surface area contributed by atoms with Crippen molar-refractivity contribution in [2.24, 2.45) is 17.8 Å². The van der Waals surface area contributed by atoms with Crippen LogP contribution in [-0.4, -0.2) is 36.2 Å². The molecule has 1 aliphatic carbocycles. The number of halogens is 3. The zero-order valence-corrected chi connectivity index (χ0v) is 15.3. The molecule has 5 aliphatic rings. The normalized spacial score (nSPS) is 49.3. The Bertz CT molecular complexity index is 688. The van der Waals surface area contributed by atoms with Crippen LogP contribution in [0.4, 0.5) is 13.2 Å². The van der Waals surface area contributed by atoms with Gasteiger partial charge in [-0.2, -0.15) is 13.2 Å². The molecule has 4 aliphatic heterocycles. The van der Waals surface area contributed by atoms with E-state index < -0.39 is 42.2 Å². The van der Waals surface area contributed by atoms with Gasteiger partial charge in [-0.25, -0.2) is 9.78 Å². The minimum Gasteiger partial charge on any atom is -0.326 e. The molecule has 0 aromatic rings. The van der Waals surface area contributed by atoms with Crippen LogP contribution in [-0.2, 0) is 24.0 Å². The van der Waals surface area contributed by atoms with Crippen molar-refractivity contribution in [2.75, 3.05) is 6.61 Å². The third-order valence-corrected chi connectivity index (χ3v) is 6.57. The predicted molar refractivity (Wildman–Crippen MR) is 86.6 cm³/mol.